The third kappa shape index (κ3) is 18.4. The van der Waals surface area contributed by atoms with Crippen molar-refractivity contribution in [1.29, 1.82) is 0 Å². The molecule has 0 aromatic heterocycles. The zero-order chi connectivity index (χ0) is 26.5. The molecule has 0 amide bonds. The molecule has 0 saturated heterocycles. The molecular formula is C36H61F3. The Morgan fingerprint density at radius 1 is 0.487 bits per heavy atom. The zero-order valence-electron chi connectivity index (χ0n) is 22.8. The van der Waals surface area contributed by atoms with E-state index in [0.29, 0.717) is 11.1 Å². The van der Waals surface area contributed by atoms with Crippen molar-refractivity contribution in [2.45, 2.75) is 111 Å². The Hall–Kier alpha value is -2.55. The fourth-order valence-corrected chi connectivity index (χ4v) is 3.53. The molecule has 0 unspecified atom stereocenters. The Bertz CT molecular complexity index is 967. The van der Waals surface area contributed by atoms with E-state index >= 15 is 0 Å². The molecule has 1 aliphatic rings. The van der Waals surface area contributed by atoms with Crippen LogP contribution >= 0.6 is 0 Å². The van der Waals surface area contributed by atoms with E-state index in [4.69, 9.17) is 0 Å². The van der Waals surface area contributed by atoms with Gasteiger partial charge in [0.15, 0.2) is 0 Å². The predicted octanol–water partition coefficient (Wildman–Crippen LogP) is 13.0. The van der Waals surface area contributed by atoms with Crippen LogP contribution in [0.2, 0.25) is 0 Å². The molecule has 0 spiro atoms. The summed E-state index contributed by atoms with van der Waals surface area (Å²) in [6, 6.07) is 16.3. The average Bonchev–Trinajstić information content (AvgIpc) is 2.80. The third-order valence-electron chi connectivity index (χ3n) is 6.28. The number of hydrogen-bond donors (Lipinski definition) is 0. The van der Waals surface area contributed by atoms with Gasteiger partial charge in [0.05, 0.1) is 0 Å². The molecule has 39 heavy (non-hydrogen) atoms. The number of halogens is 3. The molecule has 3 heteroatoms. The van der Waals surface area contributed by atoms with Crippen molar-refractivity contribution < 1.29 is 14.6 Å². The first-order valence-corrected chi connectivity index (χ1v) is 12.6. The molecule has 3 aromatic rings. The molecule has 0 aliphatic heterocycles. The molecule has 4 rings (SSSR count). The Morgan fingerprint density at radius 3 is 1.10 bits per heavy atom. The van der Waals surface area contributed by atoms with E-state index in [1.165, 1.54) is 61.9 Å². The predicted molar refractivity (Wildman–Crippen MR) is 173 cm³/mol. The topological polar surface area (TPSA) is 0 Å². The summed E-state index contributed by atoms with van der Waals surface area (Å²) in [6.45, 7) is 15.6. The first-order valence-electron chi connectivity index (χ1n) is 12.6. The van der Waals surface area contributed by atoms with E-state index < -0.39 is 11.6 Å². The number of hydrogen-bond acceptors (Lipinski definition) is 0. The largest absolute Gasteiger partial charge is 0.207 e. The van der Waals surface area contributed by atoms with Crippen LogP contribution in [-0.2, 0) is 0 Å². The van der Waals surface area contributed by atoms with Gasteiger partial charge in [0, 0.05) is 6.99 Å². The molecule has 3 aromatic carbocycles. The van der Waals surface area contributed by atoms with Gasteiger partial charge in [-0.05, 0) is 88.3 Å². The van der Waals surface area contributed by atoms with Crippen molar-refractivity contribution in [3.8, 4) is 0 Å². The summed E-state index contributed by atoms with van der Waals surface area (Å²) < 4.78 is 37.8. The molecule has 0 bridgehead atoms. The van der Waals surface area contributed by atoms with Crippen LogP contribution in [0.25, 0.3) is 0 Å². The Morgan fingerprint density at radius 2 is 0.795 bits per heavy atom. The van der Waals surface area contributed by atoms with Crippen LogP contribution in [0.3, 0.4) is 0 Å². The van der Waals surface area contributed by atoms with Gasteiger partial charge >= 0.3 is 0 Å². The lowest BCUT2D eigenvalue weighted by Gasteiger charge is -2.22. The SMILES string of the molecule is C.C.C.C.CC1CCC(C)CC1.Cc1cc(F)c(C)c(F)c1.Cc1ccc(C)c(F)c1.Cc1ccc(C)cc1.[HH]. The molecule has 0 N–H and O–H groups in total. The maximum absolute atomic E-state index is 12.6. The lowest BCUT2D eigenvalue weighted by atomic mass is 9.84. The molecule has 1 aliphatic carbocycles. The molecule has 226 valence electrons. The van der Waals surface area contributed by atoms with E-state index in [2.05, 4.69) is 52.0 Å². The van der Waals surface area contributed by atoms with Gasteiger partial charge in [-0.3, -0.25) is 0 Å². The molecular weight excluding hydrogens is 489 g/mol. The van der Waals surface area contributed by atoms with Crippen molar-refractivity contribution in [2.24, 2.45) is 11.8 Å². The van der Waals surface area contributed by atoms with E-state index in [-0.39, 0.29) is 42.5 Å². The van der Waals surface area contributed by atoms with Crippen LogP contribution in [0.5, 0.6) is 0 Å². The minimum absolute atomic E-state index is 0. The van der Waals surface area contributed by atoms with Gasteiger partial charge < -0.3 is 0 Å². The van der Waals surface area contributed by atoms with Crippen LogP contribution in [0.1, 0.15) is 104 Å². The molecule has 0 nitrogen and oxygen atoms in total. The van der Waals surface area contributed by atoms with Crippen LogP contribution < -0.4 is 0 Å². The zero-order valence-corrected chi connectivity index (χ0v) is 22.8. The average molecular weight is 551 g/mol. The Labute approximate surface area is 242 Å². The van der Waals surface area contributed by atoms with Crippen LogP contribution in [0.15, 0.2) is 54.6 Å². The standard InChI is InChI=1S/C8H8F2.C8H9F.C8H16.C8H10.4CH4.H2/c1-5-3-7(9)6(2)8(10)4-5;1-6-3-4-7(2)8(9)5-6;2*1-7-3-5-8(2)6-4-7;;;;;/h3-4H,1-2H3;3-5H,1-2H3;7-8H,3-6H2,1-2H3;3-6H,1-2H3;4*1H4;1H. The van der Waals surface area contributed by atoms with Gasteiger partial charge in [-0.25, -0.2) is 13.2 Å². The Kier molecular flexibility index (Phi) is 24.9. The highest BCUT2D eigenvalue weighted by Gasteiger charge is 2.13. The fraction of sp³-hybridized carbons (Fsp3) is 0.500. The van der Waals surface area contributed by atoms with Crippen molar-refractivity contribution in [1.82, 2.24) is 0 Å². The monoisotopic (exact) mass is 550 g/mol. The third-order valence-corrected chi connectivity index (χ3v) is 6.28. The lowest BCUT2D eigenvalue weighted by molar-refractivity contribution is 0.308. The number of rotatable bonds is 0. The van der Waals surface area contributed by atoms with Crippen LogP contribution in [0.4, 0.5) is 13.2 Å². The number of benzene rings is 3. The minimum Gasteiger partial charge on any atom is -0.207 e. The minimum atomic E-state index is -0.475. The summed E-state index contributed by atoms with van der Waals surface area (Å²) >= 11 is 0. The summed E-state index contributed by atoms with van der Waals surface area (Å²) in [5.74, 6) is 0.974. The Balaban J connectivity index is -0.000000131. The van der Waals surface area contributed by atoms with E-state index in [1.807, 2.05) is 13.0 Å². The second-order valence-corrected chi connectivity index (χ2v) is 10.1. The molecule has 0 atom stereocenters. The lowest BCUT2D eigenvalue weighted by Crippen LogP contribution is -2.08. The van der Waals surface area contributed by atoms with Gasteiger partial charge in [0.25, 0.3) is 0 Å². The van der Waals surface area contributed by atoms with Crippen LogP contribution in [0, 0.1) is 70.8 Å². The molecule has 1 saturated carbocycles. The first-order chi connectivity index (χ1) is 16.4. The highest BCUT2D eigenvalue weighted by Crippen LogP contribution is 2.27. The fourth-order valence-electron chi connectivity index (χ4n) is 3.53. The van der Waals surface area contributed by atoms with Gasteiger partial charge in [-0.2, -0.15) is 0 Å². The molecule has 0 heterocycles. The summed E-state index contributed by atoms with van der Waals surface area (Å²) in [6.07, 6.45) is 5.89. The highest BCUT2D eigenvalue weighted by molar-refractivity contribution is 5.24. The van der Waals surface area contributed by atoms with Crippen molar-refractivity contribution in [3.63, 3.8) is 0 Å². The summed E-state index contributed by atoms with van der Waals surface area (Å²) in [5.41, 5.74) is 5.04. The van der Waals surface area contributed by atoms with Crippen molar-refractivity contribution >= 4 is 0 Å². The van der Waals surface area contributed by atoms with Crippen LogP contribution in [-0.4, -0.2) is 0 Å². The highest BCUT2D eigenvalue weighted by atomic mass is 19.1. The maximum atomic E-state index is 12.6. The van der Waals surface area contributed by atoms with Crippen molar-refractivity contribution in [2.75, 3.05) is 0 Å². The second kappa shape index (κ2) is 22.3. The van der Waals surface area contributed by atoms with E-state index in [1.54, 1.807) is 19.9 Å². The normalized spacial score (nSPS) is 14.8. The van der Waals surface area contributed by atoms with Crippen molar-refractivity contribution in [3.05, 3.63) is 105 Å². The summed E-state index contributed by atoms with van der Waals surface area (Å²) in [5, 5.41) is 0. The first kappa shape index (κ1) is 43.5. The van der Waals surface area contributed by atoms with E-state index in [9.17, 15) is 13.2 Å². The molecule has 0 radical (unpaired) electrons. The second-order valence-electron chi connectivity index (χ2n) is 10.1. The smallest absolute Gasteiger partial charge is 0.129 e. The van der Waals surface area contributed by atoms with Gasteiger partial charge in [0.1, 0.15) is 17.5 Å². The van der Waals surface area contributed by atoms with Gasteiger partial charge in [0.2, 0.25) is 0 Å². The van der Waals surface area contributed by atoms with E-state index in [0.717, 1.165) is 17.4 Å². The maximum Gasteiger partial charge on any atom is 0.129 e. The summed E-state index contributed by atoms with van der Waals surface area (Å²) in [4.78, 5) is 0. The molecule has 1 fully saturated rings. The summed E-state index contributed by atoms with van der Waals surface area (Å²) in [7, 11) is 0. The number of aryl methyl sites for hydroxylation is 5. The van der Waals surface area contributed by atoms with Gasteiger partial charge in [-0.1, -0.05) is 117 Å². The quantitative estimate of drug-likeness (QED) is 0.261. The van der Waals surface area contributed by atoms with Gasteiger partial charge in [-0.15, -0.1) is 0 Å².